The molecule has 2 heterocycles. The van der Waals surface area contributed by atoms with Crippen molar-refractivity contribution in [3.8, 4) is 5.69 Å². The number of hydrogen-bond acceptors (Lipinski definition) is 6. The van der Waals surface area contributed by atoms with E-state index in [1.165, 1.54) is 0 Å². The van der Waals surface area contributed by atoms with E-state index in [0.29, 0.717) is 5.69 Å². The van der Waals surface area contributed by atoms with Gasteiger partial charge in [-0.25, -0.2) is 14.1 Å². The Hall–Kier alpha value is -3.75. The predicted octanol–water partition coefficient (Wildman–Crippen LogP) is 3.55. The van der Waals surface area contributed by atoms with E-state index in [9.17, 15) is 9.18 Å². The first kappa shape index (κ1) is 19.6. The average Bonchev–Trinajstić information content (AvgIpc) is 3.27. The number of aromatic nitrogens is 4. The Morgan fingerprint density at radius 2 is 2.13 bits per heavy atom. The van der Waals surface area contributed by atoms with E-state index in [1.54, 1.807) is 29.2 Å². The van der Waals surface area contributed by atoms with Crippen LogP contribution in [-0.4, -0.2) is 31.9 Å². The molecule has 154 valence electrons. The van der Waals surface area contributed by atoms with Crippen LogP contribution >= 0.6 is 0 Å². The third kappa shape index (κ3) is 4.14. The van der Waals surface area contributed by atoms with Crippen LogP contribution in [0.5, 0.6) is 0 Å². The lowest BCUT2D eigenvalue weighted by molar-refractivity contribution is 0.100. The number of carbonyl (C=O) groups excluding carboxylic acids is 1. The molecular formula is C21H22FN7O. The van der Waals surface area contributed by atoms with Crippen LogP contribution in [0.2, 0.25) is 0 Å². The maximum atomic E-state index is 14.7. The lowest BCUT2D eigenvalue weighted by Gasteiger charge is -2.26. The Morgan fingerprint density at radius 3 is 2.87 bits per heavy atom. The van der Waals surface area contributed by atoms with Gasteiger partial charge in [-0.1, -0.05) is 29.9 Å². The minimum absolute atomic E-state index is 0.0355. The maximum Gasteiger partial charge on any atom is 0.252 e. The van der Waals surface area contributed by atoms with Crippen LogP contribution < -0.4 is 16.4 Å². The second-order valence-electron chi connectivity index (χ2n) is 7.20. The molecule has 1 amide bonds. The summed E-state index contributed by atoms with van der Waals surface area (Å²) in [7, 11) is 0. The zero-order chi connectivity index (χ0) is 21.1. The molecule has 0 spiro atoms. The largest absolute Gasteiger partial charge is 0.365 e. The summed E-state index contributed by atoms with van der Waals surface area (Å²) in [6, 6.07) is 8.33. The third-order valence-electron chi connectivity index (χ3n) is 5.08. The molecule has 4 N–H and O–H groups in total. The number of rotatable bonds is 6. The summed E-state index contributed by atoms with van der Waals surface area (Å²) in [5, 5.41) is 13.9. The fraction of sp³-hybridized carbons (Fsp3) is 0.238. The van der Waals surface area contributed by atoms with Gasteiger partial charge < -0.3 is 16.4 Å². The molecule has 1 fully saturated rings. The molecule has 2 aromatic heterocycles. The summed E-state index contributed by atoms with van der Waals surface area (Å²) in [6.45, 7) is 4.08. The van der Waals surface area contributed by atoms with Crippen molar-refractivity contribution in [3.05, 3.63) is 66.3 Å². The molecule has 0 radical (unpaired) electrons. The van der Waals surface area contributed by atoms with Gasteiger partial charge in [-0.3, -0.25) is 4.79 Å². The van der Waals surface area contributed by atoms with Crippen LogP contribution in [0.25, 0.3) is 5.69 Å². The van der Waals surface area contributed by atoms with Gasteiger partial charge >= 0.3 is 0 Å². The molecule has 0 saturated heterocycles. The summed E-state index contributed by atoms with van der Waals surface area (Å²) in [5.74, 6) is -1.18. The van der Waals surface area contributed by atoms with Crippen molar-refractivity contribution in [1.29, 1.82) is 0 Å². The number of anilines is 3. The van der Waals surface area contributed by atoms with Crippen molar-refractivity contribution in [1.82, 2.24) is 20.0 Å². The van der Waals surface area contributed by atoms with Gasteiger partial charge in [0, 0.05) is 11.7 Å². The Morgan fingerprint density at radius 1 is 1.27 bits per heavy atom. The second kappa shape index (κ2) is 8.32. The van der Waals surface area contributed by atoms with Gasteiger partial charge in [0.1, 0.15) is 5.82 Å². The van der Waals surface area contributed by atoms with Crippen molar-refractivity contribution >= 4 is 23.2 Å². The molecule has 8 nitrogen and oxygen atoms in total. The number of benzene rings is 1. The number of carbonyl (C=O) groups is 1. The molecule has 9 heteroatoms. The van der Waals surface area contributed by atoms with E-state index in [1.807, 2.05) is 12.1 Å². The number of primary amides is 1. The fourth-order valence-electron chi connectivity index (χ4n) is 3.50. The van der Waals surface area contributed by atoms with Crippen LogP contribution in [0.4, 0.5) is 21.7 Å². The van der Waals surface area contributed by atoms with E-state index in [4.69, 9.17) is 5.73 Å². The first-order chi connectivity index (χ1) is 14.5. The van der Waals surface area contributed by atoms with Crippen LogP contribution in [0.15, 0.2) is 54.9 Å². The lowest BCUT2D eigenvalue weighted by Crippen LogP contribution is -2.26. The predicted molar refractivity (Wildman–Crippen MR) is 112 cm³/mol. The quantitative estimate of drug-likeness (QED) is 0.539. The molecule has 4 rings (SSSR count). The summed E-state index contributed by atoms with van der Waals surface area (Å²) < 4.78 is 16.2. The first-order valence-corrected chi connectivity index (χ1v) is 9.69. The monoisotopic (exact) mass is 407 g/mol. The SMILES string of the molecule is C=C1CCCC[C@H]1Nc1nc(Nc2cccc(-n3ccnn3)c2)c(C(N)=O)cc1F. The number of halogens is 1. The highest BCUT2D eigenvalue weighted by Crippen LogP contribution is 2.29. The number of pyridine rings is 1. The molecular weight excluding hydrogens is 385 g/mol. The number of hydrogen-bond donors (Lipinski definition) is 3. The van der Waals surface area contributed by atoms with Gasteiger partial charge in [-0.2, -0.15) is 0 Å². The van der Waals surface area contributed by atoms with E-state index in [0.717, 1.165) is 43.0 Å². The smallest absolute Gasteiger partial charge is 0.252 e. The van der Waals surface area contributed by atoms with Gasteiger partial charge in [-0.05, 0) is 43.5 Å². The van der Waals surface area contributed by atoms with Crippen LogP contribution in [0.3, 0.4) is 0 Å². The molecule has 3 aromatic rings. The van der Waals surface area contributed by atoms with Crippen LogP contribution in [0, 0.1) is 5.82 Å². The first-order valence-electron chi connectivity index (χ1n) is 9.69. The minimum atomic E-state index is -0.773. The van der Waals surface area contributed by atoms with E-state index >= 15 is 0 Å². The summed E-state index contributed by atoms with van der Waals surface area (Å²) in [6.07, 6.45) is 7.17. The van der Waals surface area contributed by atoms with Gasteiger partial charge in [0.05, 0.1) is 23.6 Å². The van der Waals surface area contributed by atoms with Gasteiger partial charge in [0.2, 0.25) is 0 Å². The molecule has 0 bridgehead atoms. The molecule has 1 aromatic carbocycles. The number of amides is 1. The highest BCUT2D eigenvalue weighted by Gasteiger charge is 2.21. The molecule has 1 atom stereocenters. The number of nitrogens with two attached hydrogens (primary N) is 1. The number of nitrogens with one attached hydrogen (secondary N) is 2. The van der Waals surface area contributed by atoms with Gasteiger partial charge in [0.25, 0.3) is 5.91 Å². The molecule has 30 heavy (non-hydrogen) atoms. The van der Waals surface area contributed by atoms with Crippen molar-refractivity contribution in [2.45, 2.75) is 31.7 Å². The average molecular weight is 407 g/mol. The second-order valence-corrected chi connectivity index (χ2v) is 7.20. The van der Waals surface area contributed by atoms with E-state index in [2.05, 4.69) is 32.5 Å². The standard InChI is InChI=1S/C21H22FN7O/c1-13-5-2-3-8-18(13)26-21-17(22)12-16(19(23)30)20(27-21)25-14-6-4-7-15(11-14)29-10-9-24-28-29/h4,6-7,9-12,18H,1-3,5,8H2,(H2,23,30)(H2,25,26,27)/t18-/m1/s1. The van der Waals surface area contributed by atoms with Crippen molar-refractivity contribution in [3.63, 3.8) is 0 Å². The third-order valence-corrected chi connectivity index (χ3v) is 5.08. The fourth-order valence-corrected chi connectivity index (χ4v) is 3.50. The Labute approximate surface area is 173 Å². The molecule has 1 aliphatic rings. The van der Waals surface area contributed by atoms with Crippen LogP contribution in [-0.2, 0) is 0 Å². The zero-order valence-corrected chi connectivity index (χ0v) is 16.3. The number of nitrogens with zero attached hydrogens (tertiary/aromatic N) is 4. The Balaban J connectivity index is 1.65. The minimum Gasteiger partial charge on any atom is -0.365 e. The lowest BCUT2D eigenvalue weighted by atomic mass is 9.91. The Bertz CT molecular complexity index is 1080. The van der Waals surface area contributed by atoms with Crippen LogP contribution in [0.1, 0.15) is 36.0 Å². The molecule has 1 saturated carbocycles. The highest BCUT2D eigenvalue weighted by atomic mass is 19.1. The van der Waals surface area contributed by atoms with Crippen molar-refractivity contribution in [2.75, 3.05) is 10.6 Å². The molecule has 0 aliphatic heterocycles. The Kier molecular flexibility index (Phi) is 5.42. The normalized spacial score (nSPS) is 16.3. The molecule has 1 aliphatic carbocycles. The topological polar surface area (TPSA) is 111 Å². The van der Waals surface area contributed by atoms with Gasteiger partial charge in [0.15, 0.2) is 11.6 Å². The maximum absolute atomic E-state index is 14.7. The van der Waals surface area contributed by atoms with Crippen molar-refractivity contribution < 1.29 is 9.18 Å². The summed E-state index contributed by atoms with van der Waals surface area (Å²) >= 11 is 0. The zero-order valence-electron chi connectivity index (χ0n) is 16.3. The van der Waals surface area contributed by atoms with E-state index < -0.39 is 11.7 Å². The molecule has 0 unspecified atom stereocenters. The van der Waals surface area contributed by atoms with E-state index in [-0.39, 0.29) is 23.2 Å². The summed E-state index contributed by atoms with van der Waals surface area (Å²) in [5.41, 5.74) is 7.84. The van der Waals surface area contributed by atoms with Crippen molar-refractivity contribution in [2.24, 2.45) is 5.73 Å². The van der Waals surface area contributed by atoms with Gasteiger partial charge in [-0.15, -0.1) is 5.10 Å². The summed E-state index contributed by atoms with van der Waals surface area (Å²) in [4.78, 5) is 16.2. The highest BCUT2D eigenvalue weighted by molar-refractivity contribution is 5.98.